The Labute approximate surface area is 159 Å². The molecule has 0 aromatic heterocycles. The van der Waals surface area contributed by atoms with Gasteiger partial charge in [0.1, 0.15) is 11.7 Å². The molecule has 3 N–H and O–H groups in total. The monoisotopic (exact) mass is 364 g/mol. The van der Waals surface area contributed by atoms with Gasteiger partial charge in [0, 0.05) is 23.9 Å². The molecule has 3 aromatic carbocycles. The zero-order valence-corrected chi connectivity index (χ0v) is 15.3. The van der Waals surface area contributed by atoms with Crippen LogP contribution in [-0.2, 0) is 0 Å². The fraction of sp³-hybridized carbons (Fsp3) is 0.0476. The molecule has 0 radical (unpaired) electrons. The van der Waals surface area contributed by atoms with Gasteiger partial charge in [-0.1, -0.05) is 60.7 Å². The van der Waals surface area contributed by atoms with E-state index in [2.05, 4.69) is 0 Å². The van der Waals surface area contributed by atoms with E-state index < -0.39 is 0 Å². The molecule has 0 amide bonds. The molecule has 26 heavy (non-hydrogen) atoms. The lowest BCUT2D eigenvalue weighted by molar-refractivity contribution is 1.24. The minimum Gasteiger partial charge on any atom is -0.384 e. The van der Waals surface area contributed by atoms with E-state index in [0.717, 1.165) is 22.8 Å². The largest absolute Gasteiger partial charge is 0.384 e. The number of nitrogens with zero attached hydrogens (tertiary/aromatic N) is 2. The van der Waals surface area contributed by atoms with Gasteiger partial charge in [-0.05, 0) is 24.3 Å². The Balaban J connectivity index is 0.00000243. The minimum absolute atomic E-state index is 0. The first-order valence-electron chi connectivity index (χ1n) is 8.03. The summed E-state index contributed by atoms with van der Waals surface area (Å²) in [7, 11) is 1.97. The number of hydrogen-bond donors (Lipinski definition) is 2. The molecule has 4 nitrogen and oxygen atoms in total. The summed E-state index contributed by atoms with van der Waals surface area (Å²) in [6, 6.07) is 27.4. The van der Waals surface area contributed by atoms with Crippen molar-refractivity contribution in [3.8, 4) is 0 Å². The molecule has 0 spiro atoms. The van der Waals surface area contributed by atoms with Gasteiger partial charge < -0.3 is 10.6 Å². The average Bonchev–Trinajstić information content (AvgIpc) is 2.67. The Morgan fingerprint density at radius 3 is 1.88 bits per heavy atom. The third-order valence-electron chi connectivity index (χ3n) is 3.91. The zero-order chi connectivity index (χ0) is 17.6. The van der Waals surface area contributed by atoms with E-state index in [1.807, 2.05) is 96.9 Å². The number of para-hydroxylation sites is 2. The molecule has 0 aliphatic heterocycles. The first-order valence-corrected chi connectivity index (χ1v) is 8.03. The number of nitrogens with one attached hydrogen (secondary N) is 1. The van der Waals surface area contributed by atoms with E-state index in [9.17, 15) is 0 Å². The van der Waals surface area contributed by atoms with Gasteiger partial charge in [0.2, 0.25) is 0 Å². The highest BCUT2D eigenvalue weighted by Crippen LogP contribution is 2.21. The highest BCUT2D eigenvalue weighted by molar-refractivity contribution is 6.16. The summed E-state index contributed by atoms with van der Waals surface area (Å²) in [5.41, 5.74) is 9.14. The lowest BCUT2D eigenvalue weighted by Gasteiger charge is -2.23. The molecule has 0 aliphatic rings. The van der Waals surface area contributed by atoms with Crippen molar-refractivity contribution in [1.82, 2.24) is 0 Å². The summed E-state index contributed by atoms with van der Waals surface area (Å²) < 4.78 is 0. The Hall–Kier alpha value is -3.11. The lowest BCUT2D eigenvalue weighted by Crippen LogP contribution is -2.29. The van der Waals surface area contributed by atoms with Crippen molar-refractivity contribution >= 4 is 35.5 Å². The lowest BCUT2D eigenvalue weighted by atomic mass is 10.0. The predicted octanol–water partition coefficient (Wildman–Crippen LogP) is 4.61. The number of anilines is 1. The molecule has 0 saturated heterocycles. The van der Waals surface area contributed by atoms with Gasteiger partial charge in [0.15, 0.2) is 0 Å². The Morgan fingerprint density at radius 1 is 0.808 bits per heavy atom. The SMILES string of the molecule is CN(C(=Nc1ccccc1)c1ccccc1C(=N)N)c1ccccc1.Cl. The Kier molecular flexibility index (Phi) is 6.53. The second kappa shape index (κ2) is 8.83. The van der Waals surface area contributed by atoms with Crippen LogP contribution in [0.4, 0.5) is 11.4 Å². The van der Waals surface area contributed by atoms with E-state index in [4.69, 9.17) is 16.1 Å². The smallest absolute Gasteiger partial charge is 0.141 e. The highest BCUT2D eigenvalue weighted by atomic mass is 35.5. The van der Waals surface area contributed by atoms with Gasteiger partial charge in [0.25, 0.3) is 0 Å². The van der Waals surface area contributed by atoms with Crippen LogP contribution < -0.4 is 10.6 Å². The topological polar surface area (TPSA) is 65.5 Å². The average molecular weight is 365 g/mol. The molecule has 0 aliphatic carbocycles. The standard InChI is InChI=1S/C21H20N4.ClH/c1-25(17-12-6-3-7-13-17)21(24-16-10-4-2-5-11-16)19-15-9-8-14-18(19)20(22)23;/h2-15H,1H3,(H3,22,23);1H. The maximum atomic E-state index is 7.90. The van der Waals surface area contributed by atoms with E-state index in [-0.39, 0.29) is 18.2 Å². The number of benzene rings is 3. The van der Waals surface area contributed by atoms with Crippen molar-refractivity contribution in [3.05, 3.63) is 96.1 Å². The molecule has 0 bridgehead atoms. The van der Waals surface area contributed by atoms with Crippen LogP contribution in [0.25, 0.3) is 0 Å². The van der Waals surface area contributed by atoms with Crippen LogP contribution in [0.3, 0.4) is 0 Å². The Bertz CT molecular complexity index is 892. The zero-order valence-electron chi connectivity index (χ0n) is 14.5. The molecular formula is C21H21ClN4. The van der Waals surface area contributed by atoms with Crippen LogP contribution in [0.1, 0.15) is 11.1 Å². The van der Waals surface area contributed by atoms with Gasteiger partial charge in [-0.2, -0.15) is 0 Å². The van der Waals surface area contributed by atoms with Gasteiger partial charge in [-0.15, -0.1) is 12.4 Å². The molecule has 0 fully saturated rings. The molecule has 0 heterocycles. The van der Waals surface area contributed by atoms with E-state index >= 15 is 0 Å². The number of aliphatic imine (C=N–C) groups is 1. The van der Waals surface area contributed by atoms with Crippen molar-refractivity contribution < 1.29 is 0 Å². The Morgan fingerprint density at radius 2 is 1.31 bits per heavy atom. The first-order chi connectivity index (χ1) is 12.2. The summed E-state index contributed by atoms with van der Waals surface area (Å²) in [6.07, 6.45) is 0. The van der Waals surface area contributed by atoms with Gasteiger partial charge in [-0.25, -0.2) is 4.99 Å². The molecule has 3 rings (SSSR count). The van der Waals surface area contributed by atoms with Crippen LogP contribution >= 0.6 is 12.4 Å². The number of hydrogen-bond acceptors (Lipinski definition) is 2. The van der Waals surface area contributed by atoms with E-state index in [1.54, 1.807) is 0 Å². The fourth-order valence-electron chi connectivity index (χ4n) is 2.63. The number of amidine groups is 2. The van der Waals surface area contributed by atoms with Crippen LogP contribution in [-0.4, -0.2) is 18.7 Å². The van der Waals surface area contributed by atoms with Crippen molar-refractivity contribution in [2.75, 3.05) is 11.9 Å². The molecule has 0 saturated carbocycles. The number of nitrogen functional groups attached to an aromatic ring is 1. The van der Waals surface area contributed by atoms with Crippen LogP contribution in [0.5, 0.6) is 0 Å². The summed E-state index contributed by atoms with van der Waals surface area (Å²) >= 11 is 0. The first kappa shape index (κ1) is 19.2. The number of rotatable bonds is 4. The van der Waals surface area contributed by atoms with Crippen LogP contribution in [0, 0.1) is 5.41 Å². The maximum absolute atomic E-state index is 7.90. The highest BCUT2D eigenvalue weighted by Gasteiger charge is 2.16. The molecular weight excluding hydrogens is 344 g/mol. The normalized spacial score (nSPS) is 10.7. The molecule has 5 heteroatoms. The quantitative estimate of drug-likeness (QED) is 0.524. The van der Waals surface area contributed by atoms with E-state index in [1.165, 1.54) is 0 Å². The van der Waals surface area contributed by atoms with E-state index in [0.29, 0.717) is 5.56 Å². The molecule has 0 unspecified atom stereocenters. The third-order valence-corrected chi connectivity index (χ3v) is 3.91. The molecule has 132 valence electrons. The van der Waals surface area contributed by atoms with Crippen molar-refractivity contribution in [1.29, 1.82) is 5.41 Å². The maximum Gasteiger partial charge on any atom is 0.141 e. The predicted molar refractivity (Wildman–Crippen MR) is 112 cm³/mol. The summed E-state index contributed by atoms with van der Waals surface area (Å²) in [4.78, 5) is 6.85. The molecule has 0 atom stereocenters. The summed E-state index contributed by atoms with van der Waals surface area (Å²) in [5.74, 6) is 0.765. The van der Waals surface area contributed by atoms with Crippen LogP contribution in [0.2, 0.25) is 0 Å². The summed E-state index contributed by atoms with van der Waals surface area (Å²) in [6.45, 7) is 0. The number of halogens is 1. The van der Waals surface area contributed by atoms with Gasteiger partial charge in [-0.3, -0.25) is 5.41 Å². The second-order valence-corrected chi connectivity index (χ2v) is 5.62. The van der Waals surface area contributed by atoms with Crippen molar-refractivity contribution in [2.24, 2.45) is 10.7 Å². The third kappa shape index (κ3) is 4.29. The van der Waals surface area contributed by atoms with Gasteiger partial charge in [0.05, 0.1) is 5.69 Å². The number of nitrogens with two attached hydrogens (primary N) is 1. The minimum atomic E-state index is 0. The second-order valence-electron chi connectivity index (χ2n) is 5.62. The van der Waals surface area contributed by atoms with Gasteiger partial charge >= 0.3 is 0 Å². The van der Waals surface area contributed by atoms with Crippen molar-refractivity contribution in [2.45, 2.75) is 0 Å². The fourth-order valence-corrected chi connectivity index (χ4v) is 2.63. The van der Waals surface area contributed by atoms with Crippen LogP contribution in [0.15, 0.2) is 89.9 Å². The van der Waals surface area contributed by atoms with Crippen molar-refractivity contribution in [3.63, 3.8) is 0 Å². The molecule has 3 aromatic rings. The summed E-state index contributed by atoms with van der Waals surface area (Å²) in [5, 5.41) is 7.90.